The predicted octanol–water partition coefficient (Wildman–Crippen LogP) is 1.81. The first-order chi connectivity index (χ1) is 7.58. The summed E-state index contributed by atoms with van der Waals surface area (Å²) in [5.41, 5.74) is 1.04. The molecule has 1 atom stereocenters. The Morgan fingerprint density at radius 3 is 2.94 bits per heavy atom. The monoisotopic (exact) mass is 240 g/mol. The van der Waals surface area contributed by atoms with Gasteiger partial charge in [0.2, 0.25) is 0 Å². The van der Waals surface area contributed by atoms with Crippen molar-refractivity contribution in [3.05, 3.63) is 15.6 Å². The van der Waals surface area contributed by atoms with E-state index in [1.807, 2.05) is 18.7 Å². The lowest BCUT2D eigenvalue weighted by Crippen LogP contribution is -2.35. The van der Waals surface area contributed by atoms with E-state index in [4.69, 9.17) is 5.11 Å². The summed E-state index contributed by atoms with van der Waals surface area (Å²) in [5, 5.41) is 10.1. The van der Waals surface area contributed by atoms with Crippen LogP contribution in [-0.2, 0) is 11.3 Å². The molecular formula is C11H16N2O2S. The molecule has 1 aromatic heterocycles. The van der Waals surface area contributed by atoms with Crippen LogP contribution in [0.25, 0.3) is 0 Å². The number of hydrogen-bond acceptors (Lipinski definition) is 4. The first-order valence-corrected chi connectivity index (χ1v) is 6.29. The summed E-state index contributed by atoms with van der Waals surface area (Å²) >= 11 is 1.67. The van der Waals surface area contributed by atoms with Gasteiger partial charge in [0.25, 0.3) is 0 Å². The second kappa shape index (κ2) is 4.51. The van der Waals surface area contributed by atoms with E-state index in [0.29, 0.717) is 0 Å². The van der Waals surface area contributed by atoms with Crippen molar-refractivity contribution in [3.63, 3.8) is 0 Å². The van der Waals surface area contributed by atoms with Crippen LogP contribution in [0.2, 0.25) is 0 Å². The topological polar surface area (TPSA) is 53.4 Å². The van der Waals surface area contributed by atoms with Gasteiger partial charge in [0.05, 0.1) is 10.7 Å². The highest BCUT2D eigenvalue weighted by Crippen LogP contribution is 2.24. The summed E-state index contributed by atoms with van der Waals surface area (Å²) in [4.78, 5) is 18.6. The number of carboxylic acid groups (broad SMARTS) is 1. The fourth-order valence-electron chi connectivity index (χ4n) is 2.20. The molecule has 4 nitrogen and oxygen atoms in total. The molecule has 0 aromatic carbocycles. The number of carbonyl (C=O) groups is 1. The molecule has 1 fully saturated rings. The van der Waals surface area contributed by atoms with E-state index in [1.165, 1.54) is 4.88 Å². The zero-order chi connectivity index (χ0) is 11.7. The second-order valence-electron chi connectivity index (χ2n) is 4.21. The Balaban J connectivity index is 2.09. The minimum Gasteiger partial charge on any atom is -0.480 e. The summed E-state index contributed by atoms with van der Waals surface area (Å²) < 4.78 is 0. The normalized spacial score (nSPS) is 21.5. The number of aliphatic carboxylic acids is 1. The minimum atomic E-state index is -0.698. The van der Waals surface area contributed by atoms with Gasteiger partial charge in [0, 0.05) is 11.4 Å². The van der Waals surface area contributed by atoms with Crippen molar-refractivity contribution in [2.75, 3.05) is 6.54 Å². The van der Waals surface area contributed by atoms with Crippen molar-refractivity contribution < 1.29 is 9.90 Å². The molecule has 88 valence electrons. The Bertz CT molecular complexity index is 403. The summed E-state index contributed by atoms with van der Waals surface area (Å²) in [5.74, 6) is -0.698. The van der Waals surface area contributed by atoms with Crippen molar-refractivity contribution in [2.45, 2.75) is 39.3 Å². The molecule has 0 bridgehead atoms. The molecule has 1 N–H and O–H groups in total. The average molecular weight is 240 g/mol. The number of carboxylic acids is 1. The lowest BCUT2D eigenvalue weighted by molar-refractivity contribution is -0.142. The highest BCUT2D eigenvalue weighted by molar-refractivity contribution is 7.11. The van der Waals surface area contributed by atoms with Crippen molar-refractivity contribution in [1.82, 2.24) is 9.88 Å². The molecule has 1 unspecified atom stereocenters. The van der Waals surface area contributed by atoms with Crippen molar-refractivity contribution in [1.29, 1.82) is 0 Å². The summed E-state index contributed by atoms with van der Waals surface area (Å²) in [6.45, 7) is 5.59. The molecule has 1 aliphatic heterocycles. The van der Waals surface area contributed by atoms with Gasteiger partial charge in [-0.3, -0.25) is 9.69 Å². The number of nitrogens with zero attached hydrogens (tertiary/aromatic N) is 2. The van der Waals surface area contributed by atoms with Gasteiger partial charge in [-0.25, -0.2) is 4.98 Å². The summed E-state index contributed by atoms with van der Waals surface area (Å²) in [7, 11) is 0. The van der Waals surface area contributed by atoms with Crippen LogP contribution in [0.15, 0.2) is 0 Å². The van der Waals surface area contributed by atoms with Gasteiger partial charge in [0.1, 0.15) is 6.04 Å². The third kappa shape index (κ3) is 2.25. The van der Waals surface area contributed by atoms with E-state index in [0.717, 1.165) is 36.6 Å². The minimum absolute atomic E-state index is 0.304. The van der Waals surface area contributed by atoms with E-state index in [1.54, 1.807) is 11.3 Å². The van der Waals surface area contributed by atoms with Crippen molar-refractivity contribution in [3.8, 4) is 0 Å². The van der Waals surface area contributed by atoms with Crippen LogP contribution >= 0.6 is 11.3 Å². The molecule has 1 aliphatic rings. The van der Waals surface area contributed by atoms with Crippen LogP contribution in [0, 0.1) is 13.8 Å². The van der Waals surface area contributed by atoms with E-state index in [9.17, 15) is 4.79 Å². The van der Waals surface area contributed by atoms with Gasteiger partial charge in [-0.15, -0.1) is 11.3 Å². The third-order valence-corrected chi connectivity index (χ3v) is 4.05. The fourth-order valence-corrected chi connectivity index (χ4v) is 3.16. The Morgan fingerprint density at radius 1 is 1.62 bits per heavy atom. The molecule has 0 aliphatic carbocycles. The molecule has 1 saturated heterocycles. The van der Waals surface area contributed by atoms with Gasteiger partial charge in [0.15, 0.2) is 0 Å². The van der Waals surface area contributed by atoms with Crippen molar-refractivity contribution in [2.24, 2.45) is 0 Å². The van der Waals surface area contributed by atoms with Gasteiger partial charge in [-0.1, -0.05) is 0 Å². The lowest BCUT2D eigenvalue weighted by Gasteiger charge is -2.20. The molecule has 16 heavy (non-hydrogen) atoms. The molecule has 1 aromatic rings. The molecule has 5 heteroatoms. The lowest BCUT2D eigenvalue weighted by atomic mass is 10.2. The van der Waals surface area contributed by atoms with Crippen LogP contribution in [0.4, 0.5) is 0 Å². The number of thiazole rings is 1. The summed E-state index contributed by atoms with van der Waals surface area (Å²) in [6, 6.07) is -0.304. The summed E-state index contributed by atoms with van der Waals surface area (Å²) in [6.07, 6.45) is 1.75. The molecule has 0 radical (unpaired) electrons. The third-order valence-electron chi connectivity index (χ3n) is 3.00. The highest BCUT2D eigenvalue weighted by atomic mass is 32.1. The molecule has 0 saturated carbocycles. The number of rotatable bonds is 3. The van der Waals surface area contributed by atoms with Gasteiger partial charge in [-0.05, 0) is 33.2 Å². The number of hydrogen-bond donors (Lipinski definition) is 1. The molecular weight excluding hydrogens is 224 g/mol. The molecule has 2 rings (SSSR count). The van der Waals surface area contributed by atoms with Crippen LogP contribution in [-0.4, -0.2) is 33.5 Å². The van der Waals surface area contributed by atoms with Crippen LogP contribution in [0.3, 0.4) is 0 Å². The van der Waals surface area contributed by atoms with E-state index in [-0.39, 0.29) is 6.04 Å². The van der Waals surface area contributed by atoms with Gasteiger partial charge < -0.3 is 5.11 Å². The average Bonchev–Trinajstić information content (AvgIpc) is 2.75. The quantitative estimate of drug-likeness (QED) is 0.875. The Hall–Kier alpha value is -0.940. The number of likely N-dealkylation sites (tertiary alicyclic amines) is 1. The zero-order valence-electron chi connectivity index (χ0n) is 9.56. The van der Waals surface area contributed by atoms with Crippen LogP contribution in [0.1, 0.15) is 28.4 Å². The van der Waals surface area contributed by atoms with Crippen LogP contribution in [0.5, 0.6) is 0 Å². The number of aryl methyl sites for hydroxylation is 2. The molecule has 0 spiro atoms. The number of aromatic nitrogens is 1. The zero-order valence-corrected chi connectivity index (χ0v) is 10.4. The van der Waals surface area contributed by atoms with E-state index < -0.39 is 5.97 Å². The van der Waals surface area contributed by atoms with E-state index >= 15 is 0 Å². The standard InChI is InChI=1S/C11H16N2O2S/c1-7-10(16-8(2)12-7)6-13-5-3-4-9(13)11(14)15/h9H,3-6H2,1-2H3,(H,14,15). The predicted molar refractivity (Wildman–Crippen MR) is 62.7 cm³/mol. The maximum Gasteiger partial charge on any atom is 0.320 e. The molecule has 0 amide bonds. The van der Waals surface area contributed by atoms with E-state index in [2.05, 4.69) is 4.98 Å². The van der Waals surface area contributed by atoms with Gasteiger partial charge >= 0.3 is 5.97 Å². The highest BCUT2D eigenvalue weighted by Gasteiger charge is 2.30. The molecule has 2 heterocycles. The first-order valence-electron chi connectivity index (χ1n) is 5.47. The van der Waals surface area contributed by atoms with Crippen LogP contribution < -0.4 is 0 Å². The van der Waals surface area contributed by atoms with Gasteiger partial charge in [-0.2, -0.15) is 0 Å². The Kier molecular flexibility index (Phi) is 3.25. The second-order valence-corrected chi connectivity index (χ2v) is 5.50. The van der Waals surface area contributed by atoms with Crippen molar-refractivity contribution >= 4 is 17.3 Å². The SMILES string of the molecule is Cc1nc(C)c(CN2CCCC2C(=O)O)s1. The fraction of sp³-hybridized carbons (Fsp3) is 0.636. The maximum atomic E-state index is 11.0. The largest absolute Gasteiger partial charge is 0.480 e. The smallest absolute Gasteiger partial charge is 0.320 e. The Labute approximate surface area is 98.9 Å². The maximum absolute atomic E-state index is 11.0. The first kappa shape index (κ1) is 11.5. The Morgan fingerprint density at radius 2 is 2.38 bits per heavy atom.